The molecular weight excluding hydrogens is 342 g/mol. The van der Waals surface area contributed by atoms with E-state index < -0.39 is 0 Å². The molecule has 2 nitrogen and oxygen atoms in total. The maximum Gasteiger partial charge on any atom is 0.0166 e. The van der Waals surface area contributed by atoms with Crippen LogP contribution < -0.4 is 5.73 Å². The topological polar surface area (TPSA) is 57.5 Å². The molecule has 0 spiro atoms. The lowest BCUT2D eigenvalue weighted by Crippen LogP contribution is -2.39. The standard InChI is InChI=1S/C26H41N.H2O/c1-4-5-6-7-8-9-10-11-12-13-21-25(26(2,3)27)24-20-16-18-22-17-14-15-19-23(22)24;/h14-20,25H,4-13,21,27H2,1-3H3;1H2. The summed E-state index contributed by atoms with van der Waals surface area (Å²) in [5.74, 6) is 0.414. The smallest absolute Gasteiger partial charge is 0.0166 e. The first-order valence-electron chi connectivity index (χ1n) is 11.3. The minimum Gasteiger partial charge on any atom is -0.412 e. The molecule has 0 radical (unpaired) electrons. The molecule has 0 amide bonds. The number of unbranched alkanes of at least 4 members (excludes halogenated alkanes) is 9. The van der Waals surface area contributed by atoms with Gasteiger partial charge in [0.1, 0.15) is 0 Å². The van der Waals surface area contributed by atoms with Crippen molar-refractivity contribution < 1.29 is 5.48 Å². The number of nitrogens with two attached hydrogens (primary N) is 1. The highest BCUT2D eigenvalue weighted by Gasteiger charge is 2.27. The summed E-state index contributed by atoms with van der Waals surface area (Å²) < 4.78 is 0. The molecule has 0 saturated carbocycles. The van der Waals surface area contributed by atoms with E-state index in [1.54, 1.807) is 0 Å². The number of fused-ring (bicyclic) bond motifs is 1. The van der Waals surface area contributed by atoms with E-state index in [0.717, 1.165) is 0 Å². The number of hydrogen-bond donors (Lipinski definition) is 1. The van der Waals surface area contributed by atoms with Crippen molar-refractivity contribution in [2.24, 2.45) is 5.73 Å². The highest BCUT2D eigenvalue weighted by Crippen LogP contribution is 2.35. The van der Waals surface area contributed by atoms with Crippen molar-refractivity contribution in [2.45, 2.75) is 103 Å². The summed E-state index contributed by atoms with van der Waals surface area (Å²) in [7, 11) is 0. The number of benzene rings is 2. The summed E-state index contributed by atoms with van der Waals surface area (Å²) in [6, 6.07) is 15.4. The molecule has 2 heteroatoms. The third-order valence-electron chi connectivity index (χ3n) is 5.94. The molecule has 0 heterocycles. The lowest BCUT2D eigenvalue weighted by Gasteiger charge is -2.32. The van der Waals surface area contributed by atoms with Gasteiger partial charge in [-0.1, -0.05) is 114 Å². The van der Waals surface area contributed by atoms with E-state index in [1.807, 2.05) is 0 Å². The van der Waals surface area contributed by atoms with E-state index in [-0.39, 0.29) is 11.0 Å². The monoisotopic (exact) mass is 385 g/mol. The first kappa shape index (κ1) is 24.7. The van der Waals surface area contributed by atoms with Crippen LogP contribution in [0, 0.1) is 0 Å². The van der Waals surface area contributed by atoms with E-state index in [0.29, 0.717) is 5.92 Å². The molecule has 1 unspecified atom stereocenters. The molecule has 2 rings (SSSR count). The number of hydrogen-bond acceptors (Lipinski definition) is 1. The molecule has 2 aromatic rings. The summed E-state index contributed by atoms with van der Waals surface area (Å²) in [5, 5.41) is 2.70. The van der Waals surface area contributed by atoms with Crippen LogP contribution in [0.1, 0.15) is 103 Å². The molecule has 0 aliphatic rings. The summed E-state index contributed by atoms with van der Waals surface area (Å²) >= 11 is 0. The van der Waals surface area contributed by atoms with Crippen molar-refractivity contribution >= 4 is 10.8 Å². The van der Waals surface area contributed by atoms with Crippen LogP contribution in [-0.4, -0.2) is 11.0 Å². The fraction of sp³-hybridized carbons (Fsp3) is 0.615. The third-order valence-corrected chi connectivity index (χ3v) is 5.94. The fourth-order valence-corrected chi connectivity index (χ4v) is 4.32. The summed E-state index contributed by atoms with van der Waals surface area (Å²) in [5.41, 5.74) is 7.86. The Labute approximate surface area is 173 Å². The summed E-state index contributed by atoms with van der Waals surface area (Å²) in [4.78, 5) is 0. The lowest BCUT2D eigenvalue weighted by molar-refractivity contribution is 0.378. The summed E-state index contributed by atoms with van der Waals surface area (Å²) in [6.07, 6.45) is 15.0. The van der Waals surface area contributed by atoms with Gasteiger partial charge in [0.15, 0.2) is 0 Å². The molecule has 0 bridgehead atoms. The van der Waals surface area contributed by atoms with Crippen molar-refractivity contribution in [3.63, 3.8) is 0 Å². The second kappa shape index (κ2) is 13.0. The van der Waals surface area contributed by atoms with Gasteiger partial charge >= 0.3 is 0 Å². The lowest BCUT2D eigenvalue weighted by atomic mass is 9.77. The predicted octanol–water partition coefficient (Wildman–Crippen LogP) is 7.15. The van der Waals surface area contributed by atoms with Gasteiger partial charge in [0.05, 0.1) is 0 Å². The maximum atomic E-state index is 6.62. The minimum atomic E-state index is -0.191. The Kier molecular flexibility index (Phi) is 11.4. The molecule has 0 fully saturated rings. The zero-order valence-corrected chi connectivity index (χ0v) is 18.5. The zero-order chi connectivity index (χ0) is 19.5. The first-order valence-corrected chi connectivity index (χ1v) is 11.3. The summed E-state index contributed by atoms with van der Waals surface area (Å²) in [6.45, 7) is 6.67. The Morgan fingerprint density at radius 3 is 1.89 bits per heavy atom. The van der Waals surface area contributed by atoms with Crippen molar-refractivity contribution in [1.29, 1.82) is 0 Å². The van der Waals surface area contributed by atoms with Crippen molar-refractivity contribution in [2.75, 3.05) is 0 Å². The van der Waals surface area contributed by atoms with E-state index in [2.05, 4.69) is 63.2 Å². The van der Waals surface area contributed by atoms with Crippen LogP contribution in [0.25, 0.3) is 10.8 Å². The Bertz CT molecular complexity index is 654. The average molecular weight is 386 g/mol. The van der Waals surface area contributed by atoms with Gasteiger partial charge in [-0.05, 0) is 36.6 Å². The fourth-order valence-electron chi connectivity index (χ4n) is 4.32. The van der Waals surface area contributed by atoms with E-state index in [1.165, 1.54) is 87.0 Å². The van der Waals surface area contributed by atoms with Crippen LogP contribution in [0.15, 0.2) is 42.5 Å². The van der Waals surface area contributed by atoms with Gasteiger partial charge in [0, 0.05) is 11.5 Å². The molecule has 158 valence electrons. The Morgan fingerprint density at radius 1 is 0.750 bits per heavy atom. The Balaban J connectivity index is 0.00000392. The van der Waals surface area contributed by atoms with Crippen LogP contribution in [0.5, 0.6) is 0 Å². The van der Waals surface area contributed by atoms with Gasteiger partial charge in [-0.15, -0.1) is 0 Å². The SMILES string of the molecule is CCCCCCCCCCCCC(c1cccc2ccccc12)C(C)(C)N.O. The molecule has 1 atom stereocenters. The normalized spacial score (nSPS) is 12.7. The van der Waals surface area contributed by atoms with Crippen LogP contribution >= 0.6 is 0 Å². The van der Waals surface area contributed by atoms with E-state index >= 15 is 0 Å². The van der Waals surface area contributed by atoms with Crippen molar-refractivity contribution in [1.82, 2.24) is 0 Å². The van der Waals surface area contributed by atoms with Gasteiger partial charge in [-0.25, -0.2) is 0 Å². The number of rotatable bonds is 13. The molecule has 4 N–H and O–H groups in total. The van der Waals surface area contributed by atoms with E-state index in [4.69, 9.17) is 5.73 Å². The van der Waals surface area contributed by atoms with Crippen molar-refractivity contribution in [3.05, 3.63) is 48.0 Å². The van der Waals surface area contributed by atoms with E-state index in [9.17, 15) is 0 Å². The highest BCUT2D eigenvalue weighted by molar-refractivity contribution is 5.86. The Hall–Kier alpha value is -1.38. The molecule has 0 aliphatic heterocycles. The van der Waals surface area contributed by atoms with Crippen LogP contribution in [0.3, 0.4) is 0 Å². The van der Waals surface area contributed by atoms with Gasteiger partial charge in [-0.2, -0.15) is 0 Å². The van der Waals surface area contributed by atoms with Gasteiger partial charge in [0.2, 0.25) is 0 Å². The minimum absolute atomic E-state index is 0. The van der Waals surface area contributed by atoms with Crippen LogP contribution in [0.2, 0.25) is 0 Å². The van der Waals surface area contributed by atoms with Gasteiger partial charge in [-0.3, -0.25) is 0 Å². The molecular formula is C26H43NO. The van der Waals surface area contributed by atoms with Gasteiger partial charge in [0.25, 0.3) is 0 Å². The zero-order valence-electron chi connectivity index (χ0n) is 18.5. The van der Waals surface area contributed by atoms with Crippen LogP contribution in [-0.2, 0) is 0 Å². The van der Waals surface area contributed by atoms with Crippen LogP contribution in [0.4, 0.5) is 0 Å². The predicted molar refractivity (Wildman–Crippen MR) is 125 cm³/mol. The quantitative estimate of drug-likeness (QED) is 0.366. The maximum absolute atomic E-state index is 6.62. The molecule has 2 aromatic carbocycles. The second-order valence-electron chi connectivity index (χ2n) is 8.91. The average Bonchev–Trinajstić information content (AvgIpc) is 2.65. The molecule has 0 saturated heterocycles. The largest absolute Gasteiger partial charge is 0.412 e. The van der Waals surface area contributed by atoms with Gasteiger partial charge < -0.3 is 11.2 Å². The molecule has 28 heavy (non-hydrogen) atoms. The second-order valence-corrected chi connectivity index (χ2v) is 8.91. The highest BCUT2D eigenvalue weighted by atomic mass is 16.0. The van der Waals surface area contributed by atoms with Crippen molar-refractivity contribution in [3.8, 4) is 0 Å². The third kappa shape index (κ3) is 7.93. The Morgan fingerprint density at radius 2 is 1.29 bits per heavy atom. The molecule has 0 aliphatic carbocycles. The molecule has 0 aromatic heterocycles. The first-order chi connectivity index (χ1) is 13.0.